The number of halogens is 2. The van der Waals surface area contributed by atoms with Crippen molar-refractivity contribution in [3.8, 4) is 22.3 Å². The van der Waals surface area contributed by atoms with E-state index < -0.39 is 17.4 Å². The first-order valence-corrected chi connectivity index (χ1v) is 39.7. The summed E-state index contributed by atoms with van der Waals surface area (Å²) in [4.78, 5) is 0. The standard InChI is InChI=1S/2C29H33.2CH3.2ClH.H2Si.Zr/c2*1-2-5-23(6-3-1)24-9-11-25(12-10-24)27-8-4-7-26-17-22(18-28(26)27)20-29-15-13-21(19-29)14-16-29;;;;;;/h2*4,7-12,17-18,21,23H,1-3,5-6,13-16,19-20H2;2*1H3;2*1H;1H2;. The first-order valence-electron chi connectivity index (χ1n) is 26.1. The van der Waals surface area contributed by atoms with Crippen molar-refractivity contribution in [2.45, 2.75) is 170 Å². The van der Waals surface area contributed by atoms with E-state index in [0.717, 1.165) is 23.7 Å². The number of hydrogen-bond acceptors (Lipinski definition) is 0. The quantitative estimate of drug-likeness (QED) is 0.139. The molecule has 6 fully saturated rings. The average molecular weight is 987 g/mol. The molecule has 8 aliphatic carbocycles. The summed E-state index contributed by atoms with van der Waals surface area (Å²) in [5, 5.41) is 0. The maximum absolute atomic E-state index is 3.92. The summed E-state index contributed by atoms with van der Waals surface area (Å²) in [5.41, 5.74) is 20.3. The SMILES string of the molecule is Cl.Cl.[CH3][Zr]([CH3])(=[SiH2])([CH]1C(CC23CCC(CC2)C3)=Cc2c(-c3ccc(C4CCCCC4)cc3)cccc21)[CH]1C(CC23CCC(CC2)C3)=Cc2c(-c3ccc(C4CCCCC4)cc3)cccc21. The molecule has 0 nitrogen and oxygen atoms in total. The van der Waals surface area contributed by atoms with Gasteiger partial charge >= 0.3 is 380 Å². The molecule has 4 aromatic carbocycles. The zero-order valence-corrected chi connectivity index (χ0v) is 44.8. The van der Waals surface area contributed by atoms with Crippen molar-refractivity contribution in [2.24, 2.45) is 22.7 Å². The van der Waals surface area contributed by atoms with E-state index in [9.17, 15) is 0 Å². The molecule has 64 heavy (non-hydrogen) atoms. The number of hydrogen-bond donors (Lipinski definition) is 0. The minimum atomic E-state index is -3.92. The number of fused-ring (bicyclic) bond motifs is 6. The first-order chi connectivity index (χ1) is 30.1. The second kappa shape index (κ2) is 17.5. The molecule has 4 heteroatoms. The summed E-state index contributed by atoms with van der Waals surface area (Å²) in [7, 11) is 0. The van der Waals surface area contributed by atoms with Crippen LogP contribution in [0.25, 0.3) is 34.4 Å². The van der Waals surface area contributed by atoms with Crippen LogP contribution in [0.3, 0.4) is 0 Å². The van der Waals surface area contributed by atoms with Crippen molar-refractivity contribution in [3.63, 3.8) is 0 Å². The van der Waals surface area contributed by atoms with Gasteiger partial charge in [-0.05, 0) is 0 Å². The van der Waals surface area contributed by atoms with Crippen molar-refractivity contribution in [1.82, 2.24) is 0 Å². The molecule has 4 bridgehead atoms. The summed E-state index contributed by atoms with van der Waals surface area (Å²) in [6, 6.07) is 35.2. The molecule has 0 saturated heterocycles. The van der Waals surface area contributed by atoms with Gasteiger partial charge in [-0.3, -0.25) is 0 Å². The maximum atomic E-state index is 2.96. The van der Waals surface area contributed by atoms with Crippen LogP contribution in [0.1, 0.15) is 194 Å². The zero-order valence-electron chi connectivity index (χ0n) is 39.3. The van der Waals surface area contributed by atoms with Gasteiger partial charge in [-0.2, -0.15) is 0 Å². The van der Waals surface area contributed by atoms with Crippen LogP contribution >= 0.6 is 24.8 Å². The van der Waals surface area contributed by atoms with Gasteiger partial charge in [-0.1, -0.05) is 0 Å². The molecular weight excluding hydrogens is 911 g/mol. The summed E-state index contributed by atoms with van der Waals surface area (Å²) < 4.78 is 7.09. The van der Waals surface area contributed by atoms with E-state index in [0.29, 0.717) is 18.1 Å². The van der Waals surface area contributed by atoms with E-state index >= 15 is 0 Å². The van der Waals surface area contributed by atoms with Gasteiger partial charge < -0.3 is 0 Å². The average Bonchev–Trinajstić information content (AvgIpc) is 4.17. The van der Waals surface area contributed by atoms with Crippen LogP contribution in [0, 0.1) is 22.7 Å². The van der Waals surface area contributed by atoms with E-state index in [1.807, 2.05) is 11.1 Å². The molecule has 0 spiro atoms. The molecule has 0 heterocycles. The van der Waals surface area contributed by atoms with Crippen LogP contribution in [-0.2, 0) is 17.4 Å². The molecule has 0 aliphatic heterocycles. The number of rotatable bonds is 10. The van der Waals surface area contributed by atoms with Crippen molar-refractivity contribution in [2.75, 3.05) is 0 Å². The second-order valence-electron chi connectivity index (χ2n) is 24.4. The normalized spacial score (nSPS) is 29.8. The van der Waals surface area contributed by atoms with Gasteiger partial charge in [-0.15, -0.1) is 24.8 Å². The molecule has 8 aliphatic rings. The van der Waals surface area contributed by atoms with Crippen molar-refractivity contribution in [1.29, 1.82) is 0 Å². The Bertz CT molecular complexity index is 2320. The Balaban J connectivity index is 0.00000242. The summed E-state index contributed by atoms with van der Waals surface area (Å²) in [6.07, 6.45) is 36.9. The number of benzene rings is 4. The fourth-order valence-electron chi connectivity index (χ4n) is 16.9. The summed E-state index contributed by atoms with van der Waals surface area (Å²) >= 11 is -3.92. The molecule has 4 aromatic rings. The molecule has 0 radical (unpaired) electrons. The predicted octanol–water partition coefficient (Wildman–Crippen LogP) is 17.8. The van der Waals surface area contributed by atoms with Gasteiger partial charge in [-0.25, -0.2) is 0 Å². The van der Waals surface area contributed by atoms with Crippen molar-refractivity contribution >= 4 is 43.8 Å². The topological polar surface area (TPSA) is 0 Å². The van der Waals surface area contributed by atoms with Gasteiger partial charge in [0.05, 0.1) is 0 Å². The Hall–Kier alpha value is -1.96. The predicted molar refractivity (Wildman–Crippen MR) is 279 cm³/mol. The third-order valence-electron chi connectivity index (χ3n) is 19.7. The summed E-state index contributed by atoms with van der Waals surface area (Å²) in [5.74, 6) is 3.47. The molecule has 6 saturated carbocycles. The Kier molecular flexibility index (Phi) is 12.5. The Morgan fingerprint density at radius 3 is 1.20 bits per heavy atom. The monoisotopic (exact) mass is 984 g/mol. The first kappa shape index (κ1) is 45.8. The van der Waals surface area contributed by atoms with Crippen molar-refractivity contribution < 1.29 is 17.4 Å². The van der Waals surface area contributed by atoms with Gasteiger partial charge in [0.25, 0.3) is 0 Å². The second-order valence-corrected chi connectivity index (χ2v) is 54.9. The number of allylic oxidation sites excluding steroid dienone is 2. The van der Waals surface area contributed by atoms with E-state index in [4.69, 9.17) is 0 Å². The van der Waals surface area contributed by atoms with Crippen molar-refractivity contribution in [3.05, 3.63) is 129 Å². The van der Waals surface area contributed by atoms with E-state index in [1.54, 1.807) is 33.4 Å². The molecule has 0 amide bonds. The Morgan fingerprint density at radius 2 is 0.859 bits per heavy atom. The molecule has 12 rings (SSSR count). The van der Waals surface area contributed by atoms with Crippen LogP contribution < -0.4 is 0 Å². The molecular formula is C60H76Cl2SiZr. The van der Waals surface area contributed by atoms with Gasteiger partial charge in [0.15, 0.2) is 0 Å². The fourth-order valence-corrected chi connectivity index (χ4v) is 36.6. The van der Waals surface area contributed by atoms with Gasteiger partial charge in [0.2, 0.25) is 0 Å². The molecule has 2 atom stereocenters. The third kappa shape index (κ3) is 7.97. The van der Waals surface area contributed by atoms with Crippen LogP contribution in [-0.4, -0.2) is 6.88 Å². The summed E-state index contributed by atoms with van der Waals surface area (Å²) in [6.45, 7) is 2.63. The zero-order chi connectivity index (χ0) is 41.7. The van der Waals surface area contributed by atoms with Gasteiger partial charge in [0, 0.05) is 0 Å². The Labute approximate surface area is 402 Å². The molecule has 338 valence electrons. The van der Waals surface area contributed by atoms with Crippen LogP contribution in [0.4, 0.5) is 0 Å². The third-order valence-corrected chi connectivity index (χ3v) is 37.2. The molecule has 0 aromatic heterocycles. The van der Waals surface area contributed by atoms with E-state index in [1.165, 1.54) is 164 Å². The fraction of sp³-hybridized carbons (Fsp3) is 0.533. The van der Waals surface area contributed by atoms with Crippen LogP contribution in [0.15, 0.2) is 96.1 Å². The molecule has 0 N–H and O–H groups in total. The van der Waals surface area contributed by atoms with Crippen LogP contribution in [0.2, 0.25) is 9.26 Å². The Morgan fingerprint density at radius 1 is 0.484 bits per heavy atom. The van der Waals surface area contributed by atoms with Crippen LogP contribution in [0.5, 0.6) is 0 Å². The minimum absolute atomic E-state index is 0. The van der Waals surface area contributed by atoms with Gasteiger partial charge in [0.1, 0.15) is 0 Å². The molecule has 2 unspecified atom stereocenters. The van der Waals surface area contributed by atoms with E-state index in [2.05, 4.69) is 113 Å². The van der Waals surface area contributed by atoms with E-state index in [-0.39, 0.29) is 24.8 Å².